The van der Waals surface area contributed by atoms with E-state index in [9.17, 15) is 14.9 Å². The average Bonchev–Trinajstić information content (AvgIpc) is 3.53. The smallest absolute Gasteiger partial charge is 0.293 e. The van der Waals surface area contributed by atoms with Crippen LogP contribution in [0, 0.1) is 10.1 Å². The third-order valence-corrected chi connectivity index (χ3v) is 5.26. The van der Waals surface area contributed by atoms with Gasteiger partial charge >= 0.3 is 0 Å². The minimum Gasteiger partial charge on any atom is -0.378 e. The number of hydrogen-bond acceptors (Lipinski definition) is 6. The molecule has 1 amide bonds. The fraction of sp³-hybridized carbons (Fsp3) is 0.350. The molecule has 4 rings (SSSR count). The van der Waals surface area contributed by atoms with Gasteiger partial charge in [0.05, 0.1) is 34.5 Å². The topological polar surface area (TPSA) is 96.7 Å². The van der Waals surface area contributed by atoms with Crippen molar-refractivity contribution in [3.05, 3.63) is 57.1 Å². The van der Waals surface area contributed by atoms with Gasteiger partial charge in [-0.2, -0.15) is 0 Å². The summed E-state index contributed by atoms with van der Waals surface area (Å²) in [4.78, 5) is 25.9. The quantitative estimate of drug-likeness (QED) is 0.547. The number of rotatable bonds is 6. The number of nitrogens with zero attached hydrogens (tertiary/aromatic N) is 2. The van der Waals surface area contributed by atoms with Crippen LogP contribution in [-0.4, -0.2) is 43.2 Å². The SMILES string of the molecule is O=C(Nc1cccc(Cl)c1N1CCOCC1)c1ccc(NC2CC2)c([N+](=O)[O-])c1. The van der Waals surface area contributed by atoms with Crippen LogP contribution in [-0.2, 0) is 4.74 Å². The van der Waals surface area contributed by atoms with Crippen LogP contribution in [0.15, 0.2) is 36.4 Å². The summed E-state index contributed by atoms with van der Waals surface area (Å²) in [6.45, 7) is 2.50. The highest BCUT2D eigenvalue weighted by molar-refractivity contribution is 6.34. The summed E-state index contributed by atoms with van der Waals surface area (Å²) in [5, 5.41) is 18.0. The minimum absolute atomic E-state index is 0.107. The molecule has 0 radical (unpaired) electrons. The first-order chi connectivity index (χ1) is 14.0. The maximum atomic E-state index is 12.8. The van der Waals surface area contributed by atoms with E-state index in [2.05, 4.69) is 15.5 Å². The van der Waals surface area contributed by atoms with Crippen molar-refractivity contribution in [2.45, 2.75) is 18.9 Å². The first-order valence-corrected chi connectivity index (χ1v) is 9.88. The number of carbonyl (C=O) groups is 1. The van der Waals surface area contributed by atoms with Gasteiger partial charge in [0.25, 0.3) is 11.6 Å². The Kier molecular flexibility index (Phi) is 5.55. The molecule has 1 aliphatic heterocycles. The molecule has 152 valence electrons. The van der Waals surface area contributed by atoms with Gasteiger partial charge in [0.15, 0.2) is 0 Å². The molecule has 1 saturated carbocycles. The Balaban J connectivity index is 1.59. The molecular weight excluding hydrogens is 396 g/mol. The highest BCUT2D eigenvalue weighted by Gasteiger charge is 2.26. The Morgan fingerprint density at radius 2 is 1.93 bits per heavy atom. The van der Waals surface area contributed by atoms with E-state index in [-0.39, 0.29) is 17.3 Å². The summed E-state index contributed by atoms with van der Waals surface area (Å²) < 4.78 is 5.39. The third-order valence-electron chi connectivity index (χ3n) is 4.96. The monoisotopic (exact) mass is 416 g/mol. The van der Waals surface area contributed by atoms with Crippen molar-refractivity contribution in [2.24, 2.45) is 0 Å². The van der Waals surface area contributed by atoms with Crippen LogP contribution in [0.1, 0.15) is 23.2 Å². The highest BCUT2D eigenvalue weighted by atomic mass is 35.5. The van der Waals surface area contributed by atoms with Crippen LogP contribution in [0.2, 0.25) is 5.02 Å². The zero-order chi connectivity index (χ0) is 20.4. The summed E-state index contributed by atoms with van der Waals surface area (Å²) >= 11 is 6.40. The number of benzene rings is 2. The van der Waals surface area contributed by atoms with Crippen molar-refractivity contribution in [1.29, 1.82) is 0 Å². The first-order valence-electron chi connectivity index (χ1n) is 9.50. The van der Waals surface area contributed by atoms with Gasteiger partial charge in [-0.05, 0) is 37.1 Å². The van der Waals surface area contributed by atoms with Gasteiger partial charge in [0.1, 0.15) is 5.69 Å². The van der Waals surface area contributed by atoms with Gasteiger partial charge in [-0.15, -0.1) is 0 Å². The lowest BCUT2D eigenvalue weighted by molar-refractivity contribution is -0.384. The van der Waals surface area contributed by atoms with E-state index in [0.717, 1.165) is 18.5 Å². The number of nitrogens with one attached hydrogen (secondary N) is 2. The summed E-state index contributed by atoms with van der Waals surface area (Å²) in [7, 11) is 0. The summed E-state index contributed by atoms with van der Waals surface area (Å²) in [5.74, 6) is -0.428. The van der Waals surface area contributed by atoms with Gasteiger partial charge < -0.3 is 20.3 Å². The fourth-order valence-corrected chi connectivity index (χ4v) is 3.61. The van der Waals surface area contributed by atoms with Crippen LogP contribution in [0.4, 0.5) is 22.7 Å². The lowest BCUT2D eigenvalue weighted by atomic mass is 10.1. The van der Waals surface area contributed by atoms with Gasteiger partial charge in [-0.25, -0.2) is 0 Å². The van der Waals surface area contributed by atoms with Crippen LogP contribution in [0.25, 0.3) is 0 Å². The second-order valence-electron chi connectivity index (χ2n) is 7.10. The molecule has 2 aromatic rings. The van der Waals surface area contributed by atoms with E-state index in [1.54, 1.807) is 30.3 Å². The number of nitro groups is 1. The number of carbonyl (C=O) groups excluding carboxylic acids is 1. The van der Waals surface area contributed by atoms with E-state index in [0.29, 0.717) is 42.7 Å². The predicted octanol–water partition coefficient (Wildman–Crippen LogP) is 3.91. The molecule has 2 N–H and O–H groups in total. The molecule has 8 nitrogen and oxygen atoms in total. The molecule has 0 spiro atoms. The van der Waals surface area contributed by atoms with E-state index in [1.807, 2.05) is 0 Å². The molecule has 2 aliphatic rings. The van der Waals surface area contributed by atoms with Crippen LogP contribution in [0.3, 0.4) is 0 Å². The molecule has 0 aromatic heterocycles. The molecule has 1 aliphatic carbocycles. The van der Waals surface area contributed by atoms with E-state index in [4.69, 9.17) is 16.3 Å². The second-order valence-corrected chi connectivity index (χ2v) is 7.50. The van der Waals surface area contributed by atoms with E-state index in [1.165, 1.54) is 6.07 Å². The minimum atomic E-state index is -0.472. The number of ether oxygens (including phenoxy) is 1. The number of amides is 1. The third kappa shape index (κ3) is 4.44. The summed E-state index contributed by atoms with van der Waals surface area (Å²) in [6.07, 6.45) is 2.00. The lowest BCUT2D eigenvalue weighted by Gasteiger charge is -2.31. The summed E-state index contributed by atoms with van der Waals surface area (Å²) in [6, 6.07) is 10.1. The zero-order valence-electron chi connectivity index (χ0n) is 15.7. The molecule has 29 heavy (non-hydrogen) atoms. The lowest BCUT2D eigenvalue weighted by Crippen LogP contribution is -2.37. The summed E-state index contributed by atoms with van der Waals surface area (Å²) in [5.41, 5.74) is 1.83. The normalized spacial score (nSPS) is 16.4. The van der Waals surface area contributed by atoms with Crippen LogP contribution in [0.5, 0.6) is 0 Å². The maximum absolute atomic E-state index is 12.8. The standard InChI is InChI=1S/C20H21ClN4O4/c21-15-2-1-3-17(19(15)24-8-10-29-11-9-24)23-20(26)13-4-7-16(22-14-5-6-14)18(12-13)25(27)28/h1-4,7,12,14,22H,5-6,8-11H2,(H,23,26). The fourth-order valence-electron chi connectivity index (χ4n) is 3.31. The van der Waals surface area contributed by atoms with Crippen molar-refractivity contribution >= 4 is 40.3 Å². The maximum Gasteiger partial charge on any atom is 0.293 e. The average molecular weight is 417 g/mol. The molecule has 2 aromatic carbocycles. The van der Waals surface area contributed by atoms with Crippen molar-refractivity contribution < 1.29 is 14.5 Å². The number of morpholine rings is 1. The molecule has 0 unspecified atom stereocenters. The Morgan fingerprint density at radius 1 is 1.17 bits per heavy atom. The number of anilines is 3. The Hall–Kier alpha value is -2.84. The highest BCUT2D eigenvalue weighted by Crippen LogP contribution is 2.35. The number of hydrogen-bond donors (Lipinski definition) is 2. The predicted molar refractivity (Wildman–Crippen MR) is 112 cm³/mol. The van der Waals surface area contributed by atoms with Gasteiger partial charge in [-0.1, -0.05) is 17.7 Å². The largest absolute Gasteiger partial charge is 0.378 e. The van der Waals surface area contributed by atoms with Crippen LogP contribution >= 0.6 is 11.6 Å². The van der Waals surface area contributed by atoms with Crippen molar-refractivity contribution in [3.63, 3.8) is 0 Å². The number of halogens is 1. The van der Waals surface area contributed by atoms with E-state index >= 15 is 0 Å². The van der Waals surface area contributed by atoms with Gasteiger partial charge in [0, 0.05) is 30.8 Å². The van der Waals surface area contributed by atoms with E-state index < -0.39 is 10.8 Å². The molecular formula is C20H21ClN4O4. The Labute approximate surface area is 172 Å². The van der Waals surface area contributed by atoms with Crippen molar-refractivity contribution in [2.75, 3.05) is 41.8 Å². The first kappa shape index (κ1) is 19.5. The molecule has 0 bridgehead atoms. The number of para-hydroxylation sites is 1. The van der Waals surface area contributed by atoms with Crippen molar-refractivity contribution in [3.8, 4) is 0 Å². The molecule has 1 heterocycles. The molecule has 0 atom stereocenters. The molecule has 1 saturated heterocycles. The zero-order valence-corrected chi connectivity index (χ0v) is 16.4. The van der Waals surface area contributed by atoms with Crippen molar-refractivity contribution in [1.82, 2.24) is 0 Å². The van der Waals surface area contributed by atoms with Gasteiger partial charge in [-0.3, -0.25) is 14.9 Å². The molecule has 2 fully saturated rings. The Bertz CT molecular complexity index is 942. The Morgan fingerprint density at radius 3 is 2.62 bits per heavy atom. The molecule has 9 heteroatoms. The second kappa shape index (κ2) is 8.26. The van der Waals surface area contributed by atoms with Gasteiger partial charge in [0.2, 0.25) is 0 Å². The number of nitro benzene ring substituents is 1. The van der Waals surface area contributed by atoms with Crippen LogP contribution < -0.4 is 15.5 Å².